The van der Waals surface area contributed by atoms with Gasteiger partial charge in [0.05, 0.1) is 6.04 Å². The standard InChI is InChI=1S/C17H28N2O3/c1-5-17(4,9-10-20)19-16(21)18-14(3)12-22-15-8-6-7-13(2)11-15/h6-8,11,14,20H,5,9-10,12H2,1-4H3,(H2,18,19,21). The SMILES string of the molecule is CCC(C)(CCO)NC(=O)NC(C)COc1cccc(C)c1. The molecule has 0 saturated heterocycles. The highest BCUT2D eigenvalue weighted by Gasteiger charge is 2.24. The second kappa shape index (κ2) is 8.63. The van der Waals surface area contributed by atoms with Crippen LogP contribution in [-0.4, -0.2) is 35.9 Å². The Kier molecular flexibility index (Phi) is 7.18. The summed E-state index contributed by atoms with van der Waals surface area (Å²) in [5, 5.41) is 14.8. The summed E-state index contributed by atoms with van der Waals surface area (Å²) in [7, 11) is 0. The zero-order chi connectivity index (χ0) is 16.6. The highest BCUT2D eigenvalue weighted by molar-refractivity contribution is 5.75. The highest BCUT2D eigenvalue weighted by Crippen LogP contribution is 2.14. The first-order valence-electron chi connectivity index (χ1n) is 7.77. The minimum atomic E-state index is -0.393. The van der Waals surface area contributed by atoms with E-state index in [2.05, 4.69) is 10.6 Å². The van der Waals surface area contributed by atoms with Crippen LogP contribution in [0.25, 0.3) is 0 Å². The first-order valence-corrected chi connectivity index (χ1v) is 7.77. The van der Waals surface area contributed by atoms with Gasteiger partial charge in [0.1, 0.15) is 12.4 Å². The number of carbonyl (C=O) groups excluding carboxylic acids is 1. The predicted octanol–water partition coefficient (Wildman–Crippen LogP) is 2.61. The normalized spacial score (nSPS) is 14.8. The van der Waals surface area contributed by atoms with Crippen molar-refractivity contribution in [3.8, 4) is 5.75 Å². The van der Waals surface area contributed by atoms with Crippen molar-refractivity contribution < 1.29 is 14.6 Å². The summed E-state index contributed by atoms with van der Waals surface area (Å²) in [6.45, 7) is 8.27. The molecule has 22 heavy (non-hydrogen) atoms. The molecule has 1 rings (SSSR count). The molecule has 2 unspecified atom stereocenters. The molecule has 0 fully saturated rings. The highest BCUT2D eigenvalue weighted by atomic mass is 16.5. The molecule has 0 saturated carbocycles. The Hall–Kier alpha value is -1.75. The molecule has 124 valence electrons. The maximum absolute atomic E-state index is 12.0. The van der Waals surface area contributed by atoms with Gasteiger partial charge < -0.3 is 20.5 Å². The molecule has 0 aromatic heterocycles. The summed E-state index contributed by atoms with van der Waals surface area (Å²) in [6.07, 6.45) is 1.29. The molecule has 0 radical (unpaired) electrons. The lowest BCUT2D eigenvalue weighted by Gasteiger charge is -2.29. The van der Waals surface area contributed by atoms with Crippen LogP contribution < -0.4 is 15.4 Å². The third kappa shape index (κ3) is 6.35. The van der Waals surface area contributed by atoms with Gasteiger partial charge in [-0.1, -0.05) is 19.1 Å². The Balaban J connectivity index is 2.40. The molecule has 0 aliphatic heterocycles. The Morgan fingerprint density at radius 1 is 1.45 bits per heavy atom. The van der Waals surface area contributed by atoms with Gasteiger partial charge in [-0.3, -0.25) is 0 Å². The van der Waals surface area contributed by atoms with Gasteiger partial charge in [-0.2, -0.15) is 0 Å². The van der Waals surface area contributed by atoms with Crippen LogP contribution in [0.4, 0.5) is 4.79 Å². The molecule has 1 aromatic carbocycles. The third-order valence-corrected chi connectivity index (χ3v) is 3.73. The summed E-state index contributed by atoms with van der Waals surface area (Å²) in [5.74, 6) is 0.799. The van der Waals surface area contributed by atoms with Crippen molar-refractivity contribution in [1.29, 1.82) is 0 Å². The fourth-order valence-corrected chi connectivity index (χ4v) is 2.08. The number of rotatable bonds is 8. The topological polar surface area (TPSA) is 70.6 Å². The average Bonchev–Trinajstić information content (AvgIpc) is 2.45. The lowest BCUT2D eigenvalue weighted by Crippen LogP contribution is -2.53. The van der Waals surface area contributed by atoms with Gasteiger partial charge in [0.2, 0.25) is 0 Å². The Morgan fingerprint density at radius 2 is 2.18 bits per heavy atom. The van der Waals surface area contributed by atoms with Gasteiger partial charge in [0.15, 0.2) is 0 Å². The Morgan fingerprint density at radius 3 is 2.77 bits per heavy atom. The first kappa shape index (κ1) is 18.3. The van der Waals surface area contributed by atoms with Crippen LogP contribution in [0.1, 0.15) is 39.2 Å². The van der Waals surface area contributed by atoms with E-state index < -0.39 is 5.54 Å². The van der Waals surface area contributed by atoms with E-state index in [1.54, 1.807) is 0 Å². The largest absolute Gasteiger partial charge is 0.491 e. The number of urea groups is 1. The number of nitrogens with one attached hydrogen (secondary N) is 2. The van der Waals surface area contributed by atoms with Gasteiger partial charge in [-0.15, -0.1) is 0 Å². The quantitative estimate of drug-likeness (QED) is 0.691. The first-order chi connectivity index (χ1) is 10.4. The fraction of sp³-hybridized carbons (Fsp3) is 0.588. The smallest absolute Gasteiger partial charge is 0.315 e. The van der Waals surface area contributed by atoms with E-state index in [1.165, 1.54) is 0 Å². The second-order valence-corrected chi connectivity index (χ2v) is 6.01. The van der Waals surface area contributed by atoms with Crippen LogP contribution in [0.15, 0.2) is 24.3 Å². The molecule has 1 aromatic rings. The second-order valence-electron chi connectivity index (χ2n) is 6.01. The maximum Gasteiger partial charge on any atom is 0.315 e. The van der Waals surface area contributed by atoms with Crippen LogP contribution in [0.2, 0.25) is 0 Å². The summed E-state index contributed by atoms with van der Waals surface area (Å²) in [4.78, 5) is 12.0. The van der Waals surface area contributed by atoms with E-state index in [4.69, 9.17) is 9.84 Å². The zero-order valence-corrected chi connectivity index (χ0v) is 14.0. The van der Waals surface area contributed by atoms with Gasteiger partial charge in [-0.05, 0) is 51.3 Å². The number of aliphatic hydroxyl groups is 1. The van der Waals surface area contributed by atoms with Crippen LogP contribution in [0.3, 0.4) is 0 Å². The van der Waals surface area contributed by atoms with Gasteiger partial charge >= 0.3 is 6.03 Å². The molecule has 3 N–H and O–H groups in total. The number of carbonyl (C=O) groups is 1. The Bertz CT molecular complexity index is 479. The molecular formula is C17H28N2O3. The molecule has 5 heteroatoms. The fourth-order valence-electron chi connectivity index (χ4n) is 2.08. The minimum Gasteiger partial charge on any atom is -0.491 e. The van der Waals surface area contributed by atoms with E-state index in [-0.39, 0.29) is 18.7 Å². The lowest BCUT2D eigenvalue weighted by molar-refractivity contribution is 0.194. The van der Waals surface area contributed by atoms with Crippen molar-refractivity contribution in [3.63, 3.8) is 0 Å². The number of benzene rings is 1. The van der Waals surface area contributed by atoms with Crippen LogP contribution in [0.5, 0.6) is 5.75 Å². The molecular weight excluding hydrogens is 280 g/mol. The van der Waals surface area contributed by atoms with Crippen molar-refractivity contribution in [2.75, 3.05) is 13.2 Å². The number of aryl methyl sites for hydroxylation is 1. The predicted molar refractivity (Wildman–Crippen MR) is 88.2 cm³/mol. The third-order valence-electron chi connectivity index (χ3n) is 3.73. The summed E-state index contributed by atoms with van der Waals surface area (Å²) >= 11 is 0. The van der Waals surface area contributed by atoms with E-state index in [0.29, 0.717) is 13.0 Å². The average molecular weight is 308 g/mol. The number of amides is 2. The van der Waals surface area contributed by atoms with E-state index in [0.717, 1.165) is 17.7 Å². The molecule has 5 nitrogen and oxygen atoms in total. The molecule has 2 atom stereocenters. The van der Waals surface area contributed by atoms with Crippen molar-refractivity contribution in [3.05, 3.63) is 29.8 Å². The number of hydrogen-bond donors (Lipinski definition) is 3. The minimum absolute atomic E-state index is 0.0522. The number of hydrogen-bond acceptors (Lipinski definition) is 3. The van der Waals surface area contributed by atoms with Crippen LogP contribution in [-0.2, 0) is 0 Å². The number of ether oxygens (including phenoxy) is 1. The molecule has 0 heterocycles. The molecule has 0 spiro atoms. The summed E-state index contributed by atoms with van der Waals surface area (Å²) < 4.78 is 5.67. The van der Waals surface area contributed by atoms with Crippen LogP contribution in [0, 0.1) is 6.92 Å². The number of aliphatic hydroxyl groups excluding tert-OH is 1. The Labute approximate surface area is 133 Å². The molecule has 0 aliphatic carbocycles. The molecule has 0 aliphatic rings. The van der Waals surface area contributed by atoms with E-state index in [9.17, 15) is 4.79 Å². The van der Waals surface area contributed by atoms with Crippen LogP contribution >= 0.6 is 0 Å². The van der Waals surface area contributed by atoms with Gasteiger partial charge in [0, 0.05) is 12.1 Å². The van der Waals surface area contributed by atoms with Crippen molar-refractivity contribution in [1.82, 2.24) is 10.6 Å². The zero-order valence-electron chi connectivity index (χ0n) is 14.0. The molecule has 0 bridgehead atoms. The van der Waals surface area contributed by atoms with E-state index >= 15 is 0 Å². The lowest BCUT2D eigenvalue weighted by atomic mass is 9.95. The van der Waals surface area contributed by atoms with Crippen molar-refractivity contribution in [2.45, 2.75) is 52.1 Å². The van der Waals surface area contributed by atoms with E-state index in [1.807, 2.05) is 52.0 Å². The maximum atomic E-state index is 12.0. The monoisotopic (exact) mass is 308 g/mol. The van der Waals surface area contributed by atoms with Gasteiger partial charge in [-0.25, -0.2) is 4.79 Å². The van der Waals surface area contributed by atoms with Crippen molar-refractivity contribution in [2.24, 2.45) is 0 Å². The van der Waals surface area contributed by atoms with Gasteiger partial charge in [0.25, 0.3) is 0 Å². The molecule has 2 amide bonds. The summed E-state index contributed by atoms with van der Waals surface area (Å²) in [5.41, 5.74) is 0.745. The van der Waals surface area contributed by atoms with Crippen molar-refractivity contribution >= 4 is 6.03 Å². The summed E-state index contributed by atoms with van der Waals surface area (Å²) in [6, 6.07) is 7.46.